The molecule has 200 valence electrons. The van der Waals surface area contributed by atoms with Crippen molar-refractivity contribution in [1.29, 1.82) is 0 Å². The zero-order valence-corrected chi connectivity index (χ0v) is 23.0. The van der Waals surface area contributed by atoms with Crippen LogP contribution in [0.25, 0.3) is 22.0 Å². The molecule has 0 aliphatic carbocycles. The summed E-state index contributed by atoms with van der Waals surface area (Å²) in [5, 5.41) is 6.37. The first-order valence-electron chi connectivity index (χ1n) is 13.0. The number of pyridine rings is 1. The Morgan fingerprint density at radius 3 is 2.50 bits per heavy atom. The van der Waals surface area contributed by atoms with Crippen molar-refractivity contribution < 1.29 is 19.1 Å². The smallest absolute Gasteiger partial charge is 0.407 e. The molecule has 2 heterocycles. The van der Waals surface area contributed by atoms with Crippen LogP contribution in [0.2, 0.25) is 0 Å². The van der Waals surface area contributed by atoms with Crippen LogP contribution in [0.15, 0.2) is 42.5 Å². The Morgan fingerprint density at radius 1 is 1.13 bits per heavy atom. The number of nitrogens with zero attached hydrogens (tertiary/aromatic N) is 2. The van der Waals surface area contributed by atoms with E-state index in [0.29, 0.717) is 11.6 Å². The third-order valence-electron chi connectivity index (χ3n) is 6.26. The zero-order chi connectivity index (χ0) is 27.6. The number of ether oxygens (including phenoxy) is 1. The first-order chi connectivity index (χ1) is 17.9. The van der Waals surface area contributed by atoms with E-state index >= 15 is 0 Å². The van der Waals surface area contributed by atoms with Crippen LogP contribution in [-0.2, 0) is 27.3 Å². The van der Waals surface area contributed by atoms with Crippen LogP contribution in [0.4, 0.5) is 10.5 Å². The van der Waals surface area contributed by atoms with Gasteiger partial charge in [-0.1, -0.05) is 43.7 Å². The van der Waals surface area contributed by atoms with Gasteiger partial charge in [-0.15, -0.1) is 0 Å². The van der Waals surface area contributed by atoms with Crippen LogP contribution in [0, 0.1) is 12.8 Å². The predicted octanol–water partition coefficient (Wildman–Crippen LogP) is 4.90. The number of carbonyl (C=O) groups excluding carboxylic acids is 3. The molecule has 0 spiro atoms. The third kappa shape index (κ3) is 6.30. The molecule has 8 heteroatoms. The number of fused-ring (bicyclic) bond motifs is 1. The highest BCUT2D eigenvalue weighted by Gasteiger charge is 2.26. The number of anilines is 1. The molecule has 0 unspecified atom stereocenters. The molecule has 0 bridgehead atoms. The van der Waals surface area contributed by atoms with E-state index in [4.69, 9.17) is 9.72 Å². The minimum atomic E-state index is -0.617. The van der Waals surface area contributed by atoms with Crippen LogP contribution < -0.4 is 15.5 Å². The van der Waals surface area contributed by atoms with Gasteiger partial charge in [0.05, 0.1) is 12.1 Å². The van der Waals surface area contributed by atoms with Crippen molar-refractivity contribution in [2.45, 2.75) is 60.1 Å². The summed E-state index contributed by atoms with van der Waals surface area (Å²) >= 11 is 0. The first-order valence-corrected chi connectivity index (χ1v) is 13.0. The Morgan fingerprint density at radius 2 is 1.84 bits per heavy atom. The standard InChI is InChI=1S/C30H36N4O4/c1-18(2)13-25-23(15-32-29(37)38-30(4,5)6)28(20-9-7-19(3)8-10-20)22-14-21(11-12-24(22)33-25)34-17-26(35)31-16-27(34)36/h7-12,14,18H,13,15-17H2,1-6H3,(H,31,35)(H,32,37). The van der Waals surface area contributed by atoms with E-state index in [2.05, 4.69) is 48.7 Å². The van der Waals surface area contributed by atoms with E-state index in [1.165, 1.54) is 4.90 Å². The van der Waals surface area contributed by atoms with Gasteiger partial charge >= 0.3 is 6.09 Å². The van der Waals surface area contributed by atoms with Crippen molar-refractivity contribution in [2.24, 2.45) is 5.92 Å². The second-order valence-electron chi connectivity index (χ2n) is 11.2. The quantitative estimate of drug-likeness (QED) is 0.486. The Kier molecular flexibility index (Phi) is 7.71. The predicted molar refractivity (Wildman–Crippen MR) is 149 cm³/mol. The molecule has 1 aliphatic heterocycles. The monoisotopic (exact) mass is 516 g/mol. The summed E-state index contributed by atoms with van der Waals surface area (Å²) in [6.45, 7) is 12.0. The van der Waals surface area contributed by atoms with Crippen LogP contribution in [0.1, 0.15) is 51.4 Å². The minimum absolute atomic E-state index is 0.0294. The average molecular weight is 517 g/mol. The highest BCUT2D eigenvalue weighted by atomic mass is 16.6. The second kappa shape index (κ2) is 10.8. The number of hydrogen-bond acceptors (Lipinski definition) is 5. The van der Waals surface area contributed by atoms with Crippen molar-refractivity contribution >= 4 is 34.5 Å². The van der Waals surface area contributed by atoms with E-state index < -0.39 is 11.7 Å². The number of hydrogen-bond donors (Lipinski definition) is 2. The summed E-state index contributed by atoms with van der Waals surface area (Å²) in [4.78, 5) is 43.8. The molecule has 4 rings (SSSR count). The number of rotatable bonds is 6. The molecule has 1 fully saturated rings. The number of carbonyl (C=O) groups is 3. The van der Waals surface area contributed by atoms with Gasteiger partial charge in [0, 0.05) is 28.9 Å². The Hall–Kier alpha value is -3.94. The largest absolute Gasteiger partial charge is 0.444 e. The number of nitrogens with one attached hydrogen (secondary N) is 2. The van der Waals surface area contributed by atoms with Gasteiger partial charge in [-0.05, 0) is 69.4 Å². The first kappa shape index (κ1) is 27.1. The van der Waals surface area contributed by atoms with Crippen molar-refractivity contribution in [3.8, 4) is 11.1 Å². The SMILES string of the molecule is Cc1ccc(-c2c(CNC(=O)OC(C)(C)C)c(CC(C)C)nc3ccc(N4CC(=O)NCC4=O)cc23)cc1. The molecule has 3 amide bonds. The van der Waals surface area contributed by atoms with E-state index in [1.807, 2.05) is 45.9 Å². The van der Waals surface area contributed by atoms with Gasteiger partial charge < -0.3 is 20.3 Å². The maximum absolute atomic E-state index is 12.6. The number of piperazine rings is 1. The number of aryl methyl sites for hydroxylation is 1. The Balaban J connectivity index is 1.91. The molecule has 0 saturated carbocycles. The van der Waals surface area contributed by atoms with Crippen LogP contribution in [0.5, 0.6) is 0 Å². The topological polar surface area (TPSA) is 101 Å². The van der Waals surface area contributed by atoms with Crippen LogP contribution >= 0.6 is 0 Å². The fourth-order valence-electron chi connectivity index (χ4n) is 4.57. The maximum Gasteiger partial charge on any atom is 0.407 e. The average Bonchev–Trinajstić information content (AvgIpc) is 2.83. The fourth-order valence-corrected chi connectivity index (χ4v) is 4.57. The molecule has 0 atom stereocenters. The van der Waals surface area contributed by atoms with Crippen molar-refractivity contribution in [3.05, 3.63) is 59.3 Å². The Bertz CT molecular complexity index is 1370. The molecular formula is C30H36N4O4. The van der Waals surface area contributed by atoms with Crippen LogP contribution in [-0.4, -0.2) is 41.6 Å². The highest BCUT2D eigenvalue weighted by molar-refractivity contribution is 6.07. The summed E-state index contributed by atoms with van der Waals surface area (Å²) in [6.07, 6.45) is 0.230. The Labute approximate surface area is 223 Å². The number of benzene rings is 2. The molecule has 8 nitrogen and oxygen atoms in total. The molecule has 1 saturated heterocycles. The lowest BCUT2D eigenvalue weighted by atomic mass is 9.91. The number of alkyl carbamates (subject to hydrolysis) is 1. The summed E-state index contributed by atoms with van der Waals surface area (Å²) < 4.78 is 5.50. The number of aromatic nitrogens is 1. The summed E-state index contributed by atoms with van der Waals surface area (Å²) in [5.41, 5.74) is 5.67. The van der Waals surface area contributed by atoms with Gasteiger partial charge in [0.15, 0.2) is 0 Å². The lowest BCUT2D eigenvalue weighted by Gasteiger charge is -2.27. The molecule has 38 heavy (non-hydrogen) atoms. The van der Waals surface area contributed by atoms with Gasteiger partial charge in [0.1, 0.15) is 12.1 Å². The molecule has 1 aliphatic rings. The third-order valence-corrected chi connectivity index (χ3v) is 6.26. The van der Waals surface area contributed by atoms with E-state index in [9.17, 15) is 14.4 Å². The van der Waals surface area contributed by atoms with E-state index in [1.54, 1.807) is 0 Å². The van der Waals surface area contributed by atoms with Crippen molar-refractivity contribution in [3.63, 3.8) is 0 Å². The lowest BCUT2D eigenvalue weighted by Crippen LogP contribution is -2.51. The van der Waals surface area contributed by atoms with Gasteiger partial charge in [-0.25, -0.2) is 4.79 Å². The van der Waals surface area contributed by atoms with Gasteiger partial charge in [0.2, 0.25) is 11.8 Å². The fraction of sp³-hybridized carbons (Fsp3) is 0.400. The summed E-state index contributed by atoms with van der Waals surface area (Å²) in [5.74, 6) is -0.0250. The lowest BCUT2D eigenvalue weighted by molar-refractivity contribution is -0.128. The zero-order valence-electron chi connectivity index (χ0n) is 23.0. The second-order valence-corrected chi connectivity index (χ2v) is 11.2. The van der Waals surface area contributed by atoms with Gasteiger partial charge in [0.25, 0.3) is 0 Å². The van der Waals surface area contributed by atoms with Gasteiger partial charge in [-0.2, -0.15) is 0 Å². The number of amides is 3. The molecule has 1 aromatic heterocycles. The summed E-state index contributed by atoms with van der Waals surface area (Å²) in [6, 6.07) is 13.9. The maximum atomic E-state index is 12.6. The molecule has 0 radical (unpaired) electrons. The minimum Gasteiger partial charge on any atom is -0.444 e. The van der Waals surface area contributed by atoms with Crippen molar-refractivity contribution in [2.75, 3.05) is 18.0 Å². The molecule has 2 N–H and O–H groups in total. The highest BCUT2D eigenvalue weighted by Crippen LogP contribution is 2.36. The van der Waals surface area contributed by atoms with E-state index in [-0.39, 0.29) is 31.4 Å². The molecular weight excluding hydrogens is 480 g/mol. The van der Waals surface area contributed by atoms with Gasteiger partial charge in [-0.3, -0.25) is 14.6 Å². The van der Waals surface area contributed by atoms with Crippen molar-refractivity contribution in [1.82, 2.24) is 15.6 Å². The van der Waals surface area contributed by atoms with E-state index in [0.717, 1.165) is 45.3 Å². The molecule has 3 aromatic rings. The normalized spacial score (nSPS) is 14.1. The summed E-state index contributed by atoms with van der Waals surface area (Å²) in [7, 11) is 0. The molecule has 2 aromatic carbocycles. The van der Waals surface area contributed by atoms with Crippen LogP contribution in [0.3, 0.4) is 0 Å².